The molecule has 4 heteroatoms. The van der Waals surface area contributed by atoms with Crippen molar-refractivity contribution in [2.45, 2.75) is 52.1 Å². The number of aryl methyl sites for hydroxylation is 1. The Morgan fingerprint density at radius 2 is 2.18 bits per heavy atom. The second-order valence-electron chi connectivity index (χ2n) is 4.30. The van der Waals surface area contributed by atoms with Crippen LogP contribution in [0.15, 0.2) is 6.20 Å². The first-order chi connectivity index (χ1) is 8.28. The SMILES string of the molecule is CCCCC(NC)c1c(OC)cnn1CCC. The average Bonchev–Trinajstić information content (AvgIpc) is 2.74. The second-order valence-corrected chi connectivity index (χ2v) is 4.30. The van der Waals surface area contributed by atoms with Crippen LogP contribution < -0.4 is 10.1 Å². The fourth-order valence-corrected chi connectivity index (χ4v) is 2.10. The Bertz CT molecular complexity index is 322. The molecule has 1 aromatic heterocycles. The van der Waals surface area contributed by atoms with Gasteiger partial charge in [0.15, 0.2) is 5.75 Å². The van der Waals surface area contributed by atoms with Gasteiger partial charge in [0.25, 0.3) is 0 Å². The molecule has 0 aliphatic heterocycles. The van der Waals surface area contributed by atoms with Crippen molar-refractivity contribution >= 4 is 0 Å². The zero-order valence-electron chi connectivity index (χ0n) is 11.5. The molecule has 0 amide bonds. The molecular formula is C13H25N3O. The van der Waals surface area contributed by atoms with Crippen LogP contribution in [0.1, 0.15) is 51.3 Å². The summed E-state index contributed by atoms with van der Waals surface area (Å²) in [5.41, 5.74) is 1.19. The van der Waals surface area contributed by atoms with Crippen molar-refractivity contribution in [3.63, 3.8) is 0 Å². The Kier molecular flexibility index (Phi) is 6.05. The first-order valence-corrected chi connectivity index (χ1v) is 6.55. The highest BCUT2D eigenvalue weighted by atomic mass is 16.5. The van der Waals surface area contributed by atoms with Gasteiger partial charge in [-0.25, -0.2) is 0 Å². The van der Waals surface area contributed by atoms with Crippen LogP contribution in [0.4, 0.5) is 0 Å². The van der Waals surface area contributed by atoms with E-state index in [4.69, 9.17) is 4.74 Å². The topological polar surface area (TPSA) is 39.1 Å². The molecule has 0 saturated carbocycles. The molecule has 0 fully saturated rings. The van der Waals surface area contributed by atoms with E-state index < -0.39 is 0 Å². The van der Waals surface area contributed by atoms with E-state index in [1.807, 2.05) is 13.2 Å². The van der Waals surface area contributed by atoms with Crippen molar-refractivity contribution < 1.29 is 4.74 Å². The minimum atomic E-state index is 0.332. The van der Waals surface area contributed by atoms with Gasteiger partial charge in [0.05, 0.1) is 25.0 Å². The zero-order valence-corrected chi connectivity index (χ0v) is 11.5. The molecule has 0 bridgehead atoms. The molecule has 17 heavy (non-hydrogen) atoms. The minimum Gasteiger partial charge on any atom is -0.493 e. The smallest absolute Gasteiger partial charge is 0.161 e. The van der Waals surface area contributed by atoms with Gasteiger partial charge in [-0.05, 0) is 19.9 Å². The van der Waals surface area contributed by atoms with Gasteiger partial charge >= 0.3 is 0 Å². The Balaban J connectivity index is 2.92. The van der Waals surface area contributed by atoms with E-state index in [1.54, 1.807) is 7.11 Å². The van der Waals surface area contributed by atoms with E-state index in [2.05, 4.69) is 28.9 Å². The summed E-state index contributed by atoms with van der Waals surface area (Å²) in [7, 11) is 3.71. The van der Waals surface area contributed by atoms with Crippen molar-refractivity contribution in [3.05, 3.63) is 11.9 Å². The normalized spacial score (nSPS) is 12.7. The molecule has 0 saturated heterocycles. The molecule has 0 aliphatic rings. The molecule has 0 aliphatic carbocycles. The standard InChI is InChI=1S/C13H25N3O/c1-5-7-8-11(14-3)13-12(17-4)10-15-16(13)9-6-2/h10-11,14H,5-9H2,1-4H3. The van der Waals surface area contributed by atoms with Crippen LogP contribution in [0.3, 0.4) is 0 Å². The Labute approximate surface area is 104 Å². The van der Waals surface area contributed by atoms with Crippen LogP contribution in [0.25, 0.3) is 0 Å². The van der Waals surface area contributed by atoms with Crippen LogP contribution in [0.2, 0.25) is 0 Å². The third-order valence-electron chi connectivity index (χ3n) is 3.03. The summed E-state index contributed by atoms with van der Waals surface area (Å²) in [6.07, 6.45) is 6.45. The van der Waals surface area contributed by atoms with Gasteiger partial charge in [-0.2, -0.15) is 5.10 Å². The first kappa shape index (κ1) is 14.0. The molecule has 0 aromatic carbocycles. The number of nitrogens with zero attached hydrogens (tertiary/aromatic N) is 2. The number of nitrogens with one attached hydrogen (secondary N) is 1. The summed E-state index contributed by atoms with van der Waals surface area (Å²) < 4.78 is 7.48. The second kappa shape index (κ2) is 7.33. The molecule has 98 valence electrons. The van der Waals surface area contributed by atoms with E-state index in [0.717, 1.165) is 25.1 Å². The molecule has 0 radical (unpaired) electrons. The van der Waals surface area contributed by atoms with Crippen molar-refractivity contribution in [2.75, 3.05) is 14.2 Å². The van der Waals surface area contributed by atoms with E-state index in [9.17, 15) is 0 Å². The predicted octanol–water partition coefficient (Wildman–Crippen LogP) is 2.75. The summed E-state index contributed by atoms with van der Waals surface area (Å²) in [5, 5.41) is 7.78. The van der Waals surface area contributed by atoms with Crippen LogP contribution >= 0.6 is 0 Å². The van der Waals surface area contributed by atoms with Gasteiger partial charge < -0.3 is 10.1 Å². The van der Waals surface area contributed by atoms with E-state index in [1.165, 1.54) is 18.5 Å². The Morgan fingerprint density at radius 3 is 2.71 bits per heavy atom. The maximum atomic E-state index is 5.41. The van der Waals surface area contributed by atoms with Gasteiger partial charge in [0.2, 0.25) is 0 Å². The molecule has 1 rings (SSSR count). The predicted molar refractivity (Wildman–Crippen MR) is 70.4 cm³/mol. The molecule has 1 heterocycles. The summed E-state index contributed by atoms with van der Waals surface area (Å²) in [6, 6.07) is 0.332. The molecule has 1 N–H and O–H groups in total. The number of hydrogen-bond donors (Lipinski definition) is 1. The number of aromatic nitrogens is 2. The summed E-state index contributed by atoms with van der Waals surface area (Å²) >= 11 is 0. The van der Waals surface area contributed by atoms with Crippen molar-refractivity contribution in [2.24, 2.45) is 0 Å². The number of hydrogen-bond acceptors (Lipinski definition) is 3. The molecule has 1 atom stereocenters. The maximum Gasteiger partial charge on any atom is 0.161 e. The lowest BCUT2D eigenvalue weighted by atomic mass is 10.1. The van der Waals surface area contributed by atoms with Crippen LogP contribution in [-0.4, -0.2) is 23.9 Å². The van der Waals surface area contributed by atoms with Crippen LogP contribution in [0.5, 0.6) is 5.75 Å². The number of unbranched alkanes of at least 4 members (excludes halogenated alkanes) is 1. The largest absolute Gasteiger partial charge is 0.493 e. The van der Waals surface area contributed by atoms with Crippen molar-refractivity contribution in [3.8, 4) is 5.75 Å². The highest BCUT2D eigenvalue weighted by Gasteiger charge is 2.19. The minimum absolute atomic E-state index is 0.332. The van der Waals surface area contributed by atoms with E-state index in [-0.39, 0.29) is 0 Å². The van der Waals surface area contributed by atoms with Gasteiger partial charge in [-0.1, -0.05) is 26.7 Å². The lowest BCUT2D eigenvalue weighted by Gasteiger charge is -2.19. The third kappa shape index (κ3) is 3.46. The van der Waals surface area contributed by atoms with Crippen molar-refractivity contribution in [1.29, 1.82) is 0 Å². The number of ether oxygens (including phenoxy) is 1. The first-order valence-electron chi connectivity index (χ1n) is 6.55. The highest BCUT2D eigenvalue weighted by Crippen LogP contribution is 2.28. The average molecular weight is 239 g/mol. The van der Waals surface area contributed by atoms with Gasteiger partial charge in [-0.15, -0.1) is 0 Å². The summed E-state index contributed by atoms with van der Waals surface area (Å²) in [4.78, 5) is 0. The van der Waals surface area contributed by atoms with Crippen LogP contribution in [-0.2, 0) is 6.54 Å². The third-order valence-corrected chi connectivity index (χ3v) is 3.03. The van der Waals surface area contributed by atoms with Gasteiger partial charge in [0.1, 0.15) is 0 Å². The number of rotatable bonds is 8. The number of methoxy groups -OCH3 is 1. The molecule has 4 nitrogen and oxygen atoms in total. The fraction of sp³-hybridized carbons (Fsp3) is 0.769. The van der Waals surface area contributed by atoms with Crippen molar-refractivity contribution in [1.82, 2.24) is 15.1 Å². The quantitative estimate of drug-likeness (QED) is 0.758. The lowest BCUT2D eigenvalue weighted by molar-refractivity contribution is 0.387. The molecule has 1 aromatic rings. The Hall–Kier alpha value is -1.03. The molecule has 0 spiro atoms. The highest BCUT2D eigenvalue weighted by molar-refractivity contribution is 5.28. The molecular weight excluding hydrogens is 214 g/mol. The Morgan fingerprint density at radius 1 is 1.41 bits per heavy atom. The fourth-order valence-electron chi connectivity index (χ4n) is 2.10. The maximum absolute atomic E-state index is 5.41. The van der Waals surface area contributed by atoms with Gasteiger partial charge in [-0.3, -0.25) is 4.68 Å². The van der Waals surface area contributed by atoms with E-state index >= 15 is 0 Å². The van der Waals surface area contributed by atoms with E-state index in [0.29, 0.717) is 6.04 Å². The molecule has 1 unspecified atom stereocenters. The lowest BCUT2D eigenvalue weighted by Crippen LogP contribution is -2.21. The summed E-state index contributed by atoms with van der Waals surface area (Å²) in [6.45, 7) is 5.33. The zero-order chi connectivity index (χ0) is 12.7. The van der Waals surface area contributed by atoms with Crippen LogP contribution in [0, 0.1) is 0 Å². The van der Waals surface area contributed by atoms with Gasteiger partial charge in [0, 0.05) is 6.54 Å². The monoisotopic (exact) mass is 239 g/mol. The summed E-state index contributed by atoms with van der Waals surface area (Å²) in [5.74, 6) is 0.897.